The highest BCUT2D eigenvalue weighted by Crippen LogP contribution is 2.22. The third kappa shape index (κ3) is 4.83. The van der Waals surface area contributed by atoms with E-state index in [1.807, 2.05) is 39.0 Å². The molecule has 7 heteroatoms. The first kappa shape index (κ1) is 19.0. The Balaban J connectivity index is 2.05. The minimum absolute atomic E-state index is 0.112. The molecule has 2 unspecified atom stereocenters. The number of halogens is 1. The van der Waals surface area contributed by atoms with Crippen molar-refractivity contribution in [2.45, 2.75) is 39.3 Å². The number of carbonyl (C=O) groups is 2. The lowest BCUT2D eigenvalue weighted by atomic mass is 10.1. The number of benzene rings is 1. The molecule has 0 bridgehead atoms. The zero-order valence-electron chi connectivity index (χ0n) is 14.1. The Kier molecular flexibility index (Phi) is 6.45. The quantitative estimate of drug-likeness (QED) is 0.698. The first-order valence-electron chi connectivity index (χ1n) is 7.96. The molecule has 1 aliphatic rings. The van der Waals surface area contributed by atoms with Crippen LogP contribution in [-0.4, -0.2) is 47.3 Å². The summed E-state index contributed by atoms with van der Waals surface area (Å²) >= 11 is 2.23. The van der Waals surface area contributed by atoms with Gasteiger partial charge in [0.05, 0.1) is 19.3 Å². The van der Waals surface area contributed by atoms with E-state index < -0.39 is 18.2 Å². The van der Waals surface area contributed by atoms with E-state index >= 15 is 0 Å². The van der Waals surface area contributed by atoms with Crippen LogP contribution in [-0.2, 0) is 9.53 Å². The van der Waals surface area contributed by atoms with Gasteiger partial charge in [-0.2, -0.15) is 0 Å². The Hall–Kier alpha value is -1.35. The lowest BCUT2D eigenvalue weighted by Crippen LogP contribution is -2.43. The van der Waals surface area contributed by atoms with Gasteiger partial charge in [0.2, 0.25) is 5.91 Å². The number of rotatable bonds is 4. The molecule has 0 saturated carbocycles. The van der Waals surface area contributed by atoms with Crippen molar-refractivity contribution in [1.29, 1.82) is 0 Å². The molecule has 1 saturated heterocycles. The smallest absolute Gasteiger partial charge is 0.410 e. The van der Waals surface area contributed by atoms with Crippen LogP contribution >= 0.6 is 22.6 Å². The molecule has 2 N–H and O–H groups in total. The van der Waals surface area contributed by atoms with Crippen LogP contribution in [0.4, 0.5) is 10.5 Å². The van der Waals surface area contributed by atoms with Crippen LogP contribution in [0, 0.1) is 16.4 Å². The fourth-order valence-electron chi connectivity index (χ4n) is 2.53. The SMILES string of the molecule is Cc1cc(NC(=O)C2CC(O)CN2C(=O)OCC(C)C)ccc1I. The first-order valence-corrected chi connectivity index (χ1v) is 9.04. The molecule has 1 aliphatic heterocycles. The van der Waals surface area contributed by atoms with Gasteiger partial charge in [-0.25, -0.2) is 4.79 Å². The number of hydrogen-bond donors (Lipinski definition) is 2. The van der Waals surface area contributed by atoms with E-state index in [1.165, 1.54) is 4.90 Å². The van der Waals surface area contributed by atoms with Gasteiger partial charge in [-0.05, 0) is 59.2 Å². The van der Waals surface area contributed by atoms with Gasteiger partial charge in [0.1, 0.15) is 6.04 Å². The second-order valence-corrected chi connectivity index (χ2v) is 7.64. The Morgan fingerprint density at radius 3 is 2.79 bits per heavy atom. The molecule has 2 amide bonds. The maximum absolute atomic E-state index is 12.5. The fourth-order valence-corrected chi connectivity index (χ4v) is 2.87. The van der Waals surface area contributed by atoms with Crippen molar-refractivity contribution < 1.29 is 19.4 Å². The first-order chi connectivity index (χ1) is 11.3. The van der Waals surface area contributed by atoms with E-state index in [0.29, 0.717) is 5.69 Å². The molecule has 2 atom stereocenters. The fraction of sp³-hybridized carbons (Fsp3) is 0.529. The summed E-state index contributed by atoms with van der Waals surface area (Å²) in [6.07, 6.45) is -1.06. The molecule has 0 aliphatic carbocycles. The minimum Gasteiger partial charge on any atom is -0.449 e. The number of β-amino-alcohol motifs (C(OH)–C–C–N with tert-alkyl or cyclic N) is 1. The van der Waals surface area contributed by atoms with E-state index in [2.05, 4.69) is 27.9 Å². The highest BCUT2D eigenvalue weighted by Gasteiger charge is 2.39. The third-order valence-electron chi connectivity index (χ3n) is 3.78. The molecular formula is C17H23IN2O4. The van der Waals surface area contributed by atoms with Crippen molar-refractivity contribution in [3.8, 4) is 0 Å². The largest absolute Gasteiger partial charge is 0.449 e. The number of anilines is 1. The number of nitrogens with one attached hydrogen (secondary N) is 1. The van der Waals surface area contributed by atoms with Gasteiger partial charge in [-0.1, -0.05) is 13.8 Å². The molecule has 0 aromatic heterocycles. The van der Waals surface area contributed by atoms with Gasteiger partial charge in [0, 0.05) is 15.7 Å². The summed E-state index contributed by atoms with van der Waals surface area (Å²) in [5, 5.41) is 12.7. The lowest BCUT2D eigenvalue weighted by Gasteiger charge is -2.23. The summed E-state index contributed by atoms with van der Waals surface area (Å²) < 4.78 is 6.31. The Morgan fingerprint density at radius 1 is 1.46 bits per heavy atom. The number of aryl methyl sites for hydroxylation is 1. The molecule has 24 heavy (non-hydrogen) atoms. The number of carbonyl (C=O) groups excluding carboxylic acids is 2. The molecule has 0 radical (unpaired) electrons. The number of ether oxygens (including phenoxy) is 1. The molecule has 0 spiro atoms. The van der Waals surface area contributed by atoms with Crippen molar-refractivity contribution in [2.75, 3.05) is 18.5 Å². The maximum Gasteiger partial charge on any atom is 0.410 e. The van der Waals surface area contributed by atoms with E-state index in [9.17, 15) is 14.7 Å². The van der Waals surface area contributed by atoms with E-state index in [-0.39, 0.29) is 31.4 Å². The van der Waals surface area contributed by atoms with Gasteiger partial charge in [0.15, 0.2) is 0 Å². The van der Waals surface area contributed by atoms with Crippen molar-refractivity contribution >= 4 is 40.3 Å². The Labute approximate surface area is 155 Å². The second kappa shape index (κ2) is 8.15. The van der Waals surface area contributed by atoms with E-state index in [1.54, 1.807) is 0 Å². The normalized spacial score (nSPS) is 20.3. The van der Waals surface area contributed by atoms with Crippen LogP contribution in [0.15, 0.2) is 18.2 Å². The van der Waals surface area contributed by atoms with Crippen LogP contribution in [0.1, 0.15) is 25.8 Å². The zero-order chi connectivity index (χ0) is 17.9. The molecule has 2 rings (SSSR count). The zero-order valence-corrected chi connectivity index (χ0v) is 16.2. The molecule has 1 fully saturated rings. The predicted molar refractivity (Wildman–Crippen MR) is 99.8 cm³/mol. The molecule has 1 aromatic rings. The summed E-state index contributed by atoms with van der Waals surface area (Å²) in [7, 11) is 0. The Morgan fingerprint density at radius 2 is 2.17 bits per heavy atom. The maximum atomic E-state index is 12.5. The monoisotopic (exact) mass is 446 g/mol. The van der Waals surface area contributed by atoms with Crippen LogP contribution in [0.2, 0.25) is 0 Å². The number of aliphatic hydroxyl groups excluding tert-OH is 1. The van der Waals surface area contributed by atoms with Crippen molar-refractivity contribution in [2.24, 2.45) is 5.92 Å². The molecule has 6 nitrogen and oxygen atoms in total. The van der Waals surface area contributed by atoms with Crippen molar-refractivity contribution in [3.63, 3.8) is 0 Å². The van der Waals surface area contributed by atoms with Crippen molar-refractivity contribution in [3.05, 3.63) is 27.3 Å². The summed E-state index contributed by atoms with van der Waals surface area (Å²) in [6, 6.07) is 4.90. The van der Waals surface area contributed by atoms with Crippen LogP contribution in [0.3, 0.4) is 0 Å². The van der Waals surface area contributed by atoms with E-state index in [4.69, 9.17) is 4.74 Å². The Bertz CT molecular complexity index is 621. The van der Waals surface area contributed by atoms with Crippen molar-refractivity contribution in [1.82, 2.24) is 4.90 Å². The highest BCUT2D eigenvalue weighted by molar-refractivity contribution is 14.1. The van der Waals surface area contributed by atoms with E-state index in [0.717, 1.165) is 9.13 Å². The van der Waals surface area contributed by atoms with Gasteiger partial charge < -0.3 is 15.2 Å². The number of hydrogen-bond acceptors (Lipinski definition) is 4. The van der Waals surface area contributed by atoms with Crippen LogP contribution in [0.25, 0.3) is 0 Å². The number of nitrogens with zero attached hydrogens (tertiary/aromatic N) is 1. The second-order valence-electron chi connectivity index (χ2n) is 6.48. The van der Waals surface area contributed by atoms with Gasteiger partial charge in [-0.15, -0.1) is 0 Å². The van der Waals surface area contributed by atoms with Crippen LogP contribution < -0.4 is 5.32 Å². The number of likely N-dealkylation sites (tertiary alicyclic amines) is 1. The van der Waals surface area contributed by atoms with Gasteiger partial charge in [0.25, 0.3) is 0 Å². The summed E-state index contributed by atoms with van der Waals surface area (Å²) in [6.45, 7) is 6.24. The number of amides is 2. The lowest BCUT2D eigenvalue weighted by molar-refractivity contribution is -0.120. The molecular weight excluding hydrogens is 423 g/mol. The highest BCUT2D eigenvalue weighted by atomic mass is 127. The number of aliphatic hydroxyl groups is 1. The van der Waals surface area contributed by atoms with Crippen LogP contribution in [0.5, 0.6) is 0 Å². The molecule has 1 aromatic carbocycles. The van der Waals surface area contributed by atoms with Gasteiger partial charge >= 0.3 is 6.09 Å². The summed E-state index contributed by atoms with van der Waals surface area (Å²) in [5.41, 5.74) is 1.74. The summed E-state index contributed by atoms with van der Waals surface area (Å²) in [4.78, 5) is 26.0. The summed E-state index contributed by atoms with van der Waals surface area (Å²) in [5.74, 6) is -0.0998. The van der Waals surface area contributed by atoms with Gasteiger partial charge in [-0.3, -0.25) is 9.69 Å². The molecule has 1 heterocycles. The standard InChI is InChI=1S/C17H23IN2O4/c1-10(2)9-24-17(23)20-8-13(21)7-15(20)16(22)19-12-4-5-14(18)11(3)6-12/h4-6,10,13,15,21H,7-9H2,1-3H3,(H,19,22). The average molecular weight is 446 g/mol. The molecule has 132 valence electrons. The average Bonchev–Trinajstić information content (AvgIpc) is 2.90. The minimum atomic E-state index is -0.723. The third-order valence-corrected chi connectivity index (χ3v) is 4.99. The predicted octanol–water partition coefficient (Wildman–Crippen LogP) is 2.77. The topological polar surface area (TPSA) is 78.9 Å².